The number of allylic oxidation sites excluding steroid dienone is 4. The van der Waals surface area contributed by atoms with E-state index in [0.717, 1.165) is 70.6 Å². The van der Waals surface area contributed by atoms with E-state index in [1.807, 2.05) is 0 Å². The molecule has 352 valence electrons. The van der Waals surface area contributed by atoms with Crippen molar-refractivity contribution in [3.8, 4) is 0 Å². The molecule has 0 bridgehead atoms. The minimum absolute atomic E-state index is 0.0700. The fourth-order valence-electron chi connectivity index (χ4n) is 7.71. The van der Waals surface area contributed by atoms with Gasteiger partial charge in [0.05, 0.1) is 0 Å². The van der Waals surface area contributed by atoms with Gasteiger partial charge in [-0.25, -0.2) is 0 Å². The van der Waals surface area contributed by atoms with Crippen LogP contribution in [0.3, 0.4) is 0 Å². The van der Waals surface area contributed by atoms with E-state index < -0.39 is 6.10 Å². The Bertz CT molecular complexity index is 973. The SMILES string of the molecule is CCCCCCC/C=C\C/C=C\CCCCCCCCCCCC(=O)OCC(COC(=O)CCCCCCC)OC(=O)CCCCCCCCCCCCCCCCCC. The third kappa shape index (κ3) is 46.9. The van der Waals surface area contributed by atoms with Crippen LogP contribution in [-0.2, 0) is 28.6 Å². The van der Waals surface area contributed by atoms with Gasteiger partial charge in [0, 0.05) is 19.3 Å². The molecule has 0 aliphatic carbocycles. The van der Waals surface area contributed by atoms with Crippen molar-refractivity contribution >= 4 is 17.9 Å². The Kier molecular flexibility index (Phi) is 47.8. The van der Waals surface area contributed by atoms with Gasteiger partial charge in [0.1, 0.15) is 13.2 Å². The number of carbonyl (C=O) groups is 3. The molecule has 0 rings (SSSR count). The molecule has 0 aliphatic heterocycles. The molecule has 6 nitrogen and oxygen atoms in total. The van der Waals surface area contributed by atoms with Crippen LogP contribution >= 0.6 is 0 Å². The molecule has 0 aliphatic rings. The van der Waals surface area contributed by atoms with Gasteiger partial charge >= 0.3 is 17.9 Å². The number of esters is 3. The molecular weight excluding hydrogens is 745 g/mol. The first kappa shape index (κ1) is 57.9. The van der Waals surface area contributed by atoms with Gasteiger partial charge in [0.2, 0.25) is 0 Å². The Hall–Kier alpha value is -2.11. The highest BCUT2D eigenvalue weighted by atomic mass is 16.6. The van der Waals surface area contributed by atoms with Crippen LogP contribution in [0, 0.1) is 0 Å². The molecule has 0 aromatic carbocycles. The fourth-order valence-corrected chi connectivity index (χ4v) is 7.71. The molecule has 0 radical (unpaired) electrons. The zero-order valence-corrected chi connectivity index (χ0v) is 40.2. The molecule has 0 spiro atoms. The van der Waals surface area contributed by atoms with Crippen LogP contribution in [0.1, 0.15) is 284 Å². The summed E-state index contributed by atoms with van der Waals surface area (Å²) in [5.74, 6) is -0.874. The monoisotopic (exact) mass is 845 g/mol. The second-order valence-electron chi connectivity index (χ2n) is 17.8. The van der Waals surface area contributed by atoms with E-state index in [0.29, 0.717) is 19.3 Å². The maximum absolute atomic E-state index is 12.7. The van der Waals surface area contributed by atoms with E-state index in [1.54, 1.807) is 0 Å². The molecule has 0 saturated carbocycles. The second-order valence-corrected chi connectivity index (χ2v) is 17.8. The second kappa shape index (κ2) is 49.5. The maximum atomic E-state index is 12.7. The van der Waals surface area contributed by atoms with Crippen LogP contribution in [0.25, 0.3) is 0 Å². The van der Waals surface area contributed by atoms with E-state index >= 15 is 0 Å². The number of unbranched alkanes of at least 4 members (excludes halogenated alkanes) is 33. The summed E-state index contributed by atoms with van der Waals surface area (Å²) >= 11 is 0. The first-order valence-electron chi connectivity index (χ1n) is 26.3. The van der Waals surface area contributed by atoms with Gasteiger partial charge in [-0.2, -0.15) is 0 Å². The van der Waals surface area contributed by atoms with E-state index in [1.165, 1.54) is 173 Å². The summed E-state index contributed by atoms with van der Waals surface area (Å²) in [5.41, 5.74) is 0. The zero-order valence-electron chi connectivity index (χ0n) is 40.2. The number of rotatable bonds is 48. The van der Waals surface area contributed by atoms with Crippen LogP contribution in [0.2, 0.25) is 0 Å². The van der Waals surface area contributed by atoms with E-state index in [2.05, 4.69) is 45.1 Å². The normalized spacial score (nSPS) is 12.1. The van der Waals surface area contributed by atoms with Crippen molar-refractivity contribution in [2.24, 2.45) is 0 Å². The van der Waals surface area contributed by atoms with Gasteiger partial charge in [0.15, 0.2) is 6.10 Å². The smallest absolute Gasteiger partial charge is 0.306 e. The van der Waals surface area contributed by atoms with E-state index in [-0.39, 0.29) is 31.1 Å². The molecule has 60 heavy (non-hydrogen) atoms. The third-order valence-corrected chi connectivity index (χ3v) is 11.7. The molecule has 0 amide bonds. The van der Waals surface area contributed by atoms with Gasteiger partial charge in [-0.15, -0.1) is 0 Å². The van der Waals surface area contributed by atoms with Crippen LogP contribution in [0.4, 0.5) is 0 Å². The highest BCUT2D eigenvalue weighted by Crippen LogP contribution is 2.16. The summed E-state index contributed by atoms with van der Waals surface area (Å²) in [5, 5.41) is 0. The largest absolute Gasteiger partial charge is 0.462 e. The van der Waals surface area contributed by atoms with E-state index in [4.69, 9.17) is 14.2 Å². The quantitative estimate of drug-likeness (QED) is 0.0263. The van der Waals surface area contributed by atoms with Gasteiger partial charge in [-0.05, 0) is 51.4 Å². The van der Waals surface area contributed by atoms with Crippen molar-refractivity contribution < 1.29 is 28.6 Å². The molecule has 1 atom stereocenters. The number of hydrogen-bond acceptors (Lipinski definition) is 6. The molecule has 0 aromatic rings. The predicted molar refractivity (Wildman–Crippen MR) is 256 cm³/mol. The van der Waals surface area contributed by atoms with Crippen molar-refractivity contribution in [2.45, 2.75) is 290 Å². The lowest BCUT2D eigenvalue weighted by Gasteiger charge is -2.18. The summed E-state index contributed by atoms with van der Waals surface area (Å²) in [4.78, 5) is 37.7. The minimum atomic E-state index is -0.764. The average molecular weight is 845 g/mol. The fraction of sp³-hybridized carbons (Fsp3) is 0.870. The van der Waals surface area contributed by atoms with Gasteiger partial charge in [-0.3, -0.25) is 14.4 Å². The summed E-state index contributed by atoms with van der Waals surface area (Å²) < 4.78 is 16.7. The van der Waals surface area contributed by atoms with Crippen LogP contribution < -0.4 is 0 Å². The Morgan fingerprint density at radius 2 is 0.600 bits per heavy atom. The molecule has 0 fully saturated rings. The highest BCUT2D eigenvalue weighted by Gasteiger charge is 2.19. The third-order valence-electron chi connectivity index (χ3n) is 11.7. The topological polar surface area (TPSA) is 78.9 Å². The zero-order chi connectivity index (χ0) is 43.7. The van der Waals surface area contributed by atoms with Gasteiger partial charge in [-0.1, -0.05) is 238 Å². The maximum Gasteiger partial charge on any atom is 0.306 e. The predicted octanol–water partition coefficient (Wildman–Crippen LogP) is 17.2. The van der Waals surface area contributed by atoms with Gasteiger partial charge < -0.3 is 14.2 Å². The standard InChI is InChI=1S/C54H100O6/c1-4-7-10-13-15-17-19-21-23-25-26-27-28-29-31-32-34-36-38-41-44-47-53(56)59-50-51(49-58-52(55)46-43-40-12-9-6-3)60-54(57)48-45-42-39-37-35-33-30-24-22-20-18-16-14-11-8-5-2/h19,21,25-26,51H,4-18,20,22-24,27-50H2,1-3H3/b21-19-,26-25-. The Balaban J connectivity index is 4.11. The van der Waals surface area contributed by atoms with Gasteiger partial charge in [0.25, 0.3) is 0 Å². The van der Waals surface area contributed by atoms with Crippen molar-refractivity contribution in [3.05, 3.63) is 24.3 Å². The number of hydrogen-bond donors (Lipinski definition) is 0. The van der Waals surface area contributed by atoms with Crippen molar-refractivity contribution in [2.75, 3.05) is 13.2 Å². The summed E-state index contributed by atoms with van der Waals surface area (Å²) in [7, 11) is 0. The Morgan fingerprint density at radius 1 is 0.333 bits per heavy atom. The number of carbonyl (C=O) groups excluding carboxylic acids is 3. The molecule has 0 saturated heterocycles. The van der Waals surface area contributed by atoms with Crippen molar-refractivity contribution in [3.63, 3.8) is 0 Å². The molecular formula is C54H100O6. The summed E-state index contributed by atoms with van der Waals surface area (Å²) in [6.07, 6.45) is 56.3. The van der Waals surface area contributed by atoms with Crippen molar-refractivity contribution in [1.82, 2.24) is 0 Å². The lowest BCUT2D eigenvalue weighted by atomic mass is 10.0. The molecule has 1 unspecified atom stereocenters. The summed E-state index contributed by atoms with van der Waals surface area (Å²) in [6, 6.07) is 0. The highest BCUT2D eigenvalue weighted by molar-refractivity contribution is 5.71. The molecule has 0 N–H and O–H groups in total. The first-order chi connectivity index (χ1) is 29.5. The van der Waals surface area contributed by atoms with Crippen LogP contribution in [-0.4, -0.2) is 37.2 Å². The average Bonchev–Trinajstić information content (AvgIpc) is 3.24. The molecule has 0 aromatic heterocycles. The van der Waals surface area contributed by atoms with Crippen LogP contribution in [0.15, 0.2) is 24.3 Å². The number of ether oxygens (including phenoxy) is 3. The lowest BCUT2D eigenvalue weighted by Crippen LogP contribution is -2.30. The summed E-state index contributed by atoms with van der Waals surface area (Å²) in [6.45, 7) is 6.57. The van der Waals surface area contributed by atoms with E-state index in [9.17, 15) is 14.4 Å². The Labute approximate surface area is 373 Å². The van der Waals surface area contributed by atoms with Crippen LogP contribution in [0.5, 0.6) is 0 Å². The lowest BCUT2D eigenvalue weighted by molar-refractivity contribution is -0.167. The first-order valence-corrected chi connectivity index (χ1v) is 26.3. The molecule has 0 heterocycles. The van der Waals surface area contributed by atoms with Crippen molar-refractivity contribution in [1.29, 1.82) is 0 Å². The minimum Gasteiger partial charge on any atom is -0.462 e. The molecule has 6 heteroatoms. The Morgan fingerprint density at radius 3 is 0.917 bits per heavy atom.